The molecule has 1 heterocycles. The predicted octanol–water partition coefficient (Wildman–Crippen LogP) is 3.45. The Morgan fingerprint density at radius 3 is 2.62 bits per heavy atom. The molecule has 68 valence electrons. The Morgan fingerprint density at radius 2 is 1.92 bits per heavy atom. The summed E-state index contributed by atoms with van der Waals surface area (Å²) in [7, 11) is 2.02. The molecular weight excluding hydrogens is 182 g/mol. The second-order valence-electron chi connectivity index (χ2n) is 3.49. The summed E-state index contributed by atoms with van der Waals surface area (Å²) in [6.07, 6.45) is 1.96. The standard InChI is InChI=1S/C11H12ClN/c1-7-4-5-10-11(8(7)2)9(12)6-13(10)3/h4-6H,1-3H3. The molecule has 0 aliphatic carbocycles. The summed E-state index contributed by atoms with van der Waals surface area (Å²) >= 11 is 6.13. The van der Waals surface area contributed by atoms with Gasteiger partial charge in [0.1, 0.15) is 0 Å². The third-order valence-electron chi connectivity index (χ3n) is 2.64. The lowest BCUT2D eigenvalue weighted by Crippen LogP contribution is -1.86. The number of hydrogen-bond acceptors (Lipinski definition) is 0. The Balaban J connectivity index is 2.98. The fourth-order valence-electron chi connectivity index (χ4n) is 1.70. The van der Waals surface area contributed by atoms with Crippen LogP contribution in [0.4, 0.5) is 0 Å². The van der Waals surface area contributed by atoms with Gasteiger partial charge in [-0.15, -0.1) is 0 Å². The zero-order valence-corrected chi connectivity index (χ0v) is 8.81. The average molecular weight is 194 g/mol. The van der Waals surface area contributed by atoms with Gasteiger partial charge in [-0.3, -0.25) is 0 Å². The van der Waals surface area contributed by atoms with E-state index in [1.165, 1.54) is 22.0 Å². The maximum Gasteiger partial charge on any atom is 0.0664 e. The first kappa shape index (κ1) is 8.64. The quantitative estimate of drug-likeness (QED) is 0.604. The van der Waals surface area contributed by atoms with E-state index in [0.29, 0.717) is 0 Å². The highest BCUT2D eigenvalue weighted by Crippen LogP contribution is 2.29. The van der Waals surface area contributed by atoms with E-state index in [9.17, 15) is 0 Å². The van der Waals surface area contributed by atoms with E-state index in [1.807, 2.05) is 13.2 Å². The van der Waals surface area contributed by atoms with Crippen molar-refractivity contribution in [3.05, 3.63) is 34.5 Å². The molecule has 2 heteroatoms. The first-order chi connectivity index (χ1) is 6.11. The summed E-state index contributed by atoms with van der Waals surface area (Å²) in [6, 6.07) is 4.25. The van der Waals surface area contributed by atoms with Gasteiger partial charge in [-0.25, -0.2) is 0 Å². The highest BCUT2D eigenvalue weighted by Gasteiger charge is 2.07. The van der Waals surface area contributed by atoms with Gasteiger partial charge in [-0.1, -0.05) is 17.7 Å². The van der Waals surface area contributed by atoms with Gasteiger partial charge in [-0.05, 0) is 31.0 Å². The molecule has 0 bridgehead atoms. The highest BCUT2D eigenvalue weighted by molar-refractivity contribution is 6.36. The third kappa shape index (κ3) is 1.15. The lowest BCUT2D eigenvalue weighted by atomic mass is 10.1. The van der Waals surface area contributed by atoms with Crippen molar-refractivity contribution in [3.63, 3.8) is 0 Å². The Labute approximate surface area is 82.9 Å². The van der Waals surface area contributed by atoms with Crippen molar-refractivity contribution in [2.45, 2.75) is 13.8 Å². The van der Waals surface area contributed by atoms with Gasteiger partial charge in [-0.2, -0.15) is 0 Å². The molecule has 0 amide bonds. The van der Waals surface area contributed by atoms with E-state index in [0.717, 1.165) is 5.02 Å². The average Bonchev–Trinajstić information content (AvgIpc) is 2.35. The summed E-state index contributed by atoms with van der Waals surface area (Å²) in [4.78, 5) is 0. The van der Waals surface area contributed by atoms with Crippen LogP contribution in [0.2, 0.25) is 5.02 Å². The first-order valence-corrected chi connectivity index (χ1v) is 4.70. The number of nitrogens with zero attached hydrogens (tertiary/aromatic N) is 1. The van der Waals surface area contributed by atoms with Gasteiger partial charge in [0.05, 0.1) is 5.02 Å². The molecule has 0 saturated heterocycles. The lowest BCUT2D eigenvalue weighted by Gasteiger charge is -2.02. The monoisotopic (exact) mass is 193 g/mol. The minimum atomic E-state index is 0.846. The van der Waals surface area contributed by atoms with E-state index in [2.05, 4.69) is 30.5 Å². The predicted molar refractivity (Wildman–Crippen MR) is 57.4 cm³/mol. The molecule has 0 radical (unpaired) electrons. The first-order valence-electron chi connectivity index (χ1n) is 4.32. The molecule has 0 spiro atoms. The Bertz CT molecular complexity index is 468. The molecule has 13 heavy (non-hydrogen) atoms. The number of aryl methyl sites for hydroxylation is 3. The summed E-state index contributed by atoms with van der Waals surface area (Å²) in [5.41, 5.74) is 3.77. The van der Waals surface area contributed by atoms with Crippen LogP contribution in [0.25, 0.3) is 10.9 Å². The number of halogens is 1. The summed E-state index contributed by atoms with van der Waals surface area (Å²) in [5, 5.41) is 2.03. The van der Waals surface area contributed by atoms with E-state index >= 15 is 0 Å². The van der Waals surface area contributed by atoms with Crippen LogP contribution in [0.3, 0.4) is 0 Å². The Kier molecular flexibility index (Phi) is 1.85. The number of benzene rings is 1. The van der Waals surface area contributed by atoms with Crippen LogP contribution in [0.5, 0.6) is 0 Å². The largest absolute Gasteiger partial charge is 0.349 e. The minimum Gasteiger partial charge on any atom is -0.349 e. The maximum atomic E-state index is 6.13. The summed E-state index contributed by atoms with van der Waals surface area (Å²) in [6.45, 7) is 4.22. The minimum absolute atomic E-state index is 0.846. The molecule has 0 saturated carbocycles. The van der Waals surface area contributed by atoms with Crippen molar-refractivity contribution in [1.82, 2.24) is 4.57 Å². The van der Waals surface area contributed by atoms with Crippen molar-refractivity contribution in [2.75, 3.05) is 0 Å². The molecule has 0 N–H and O–H groups in total. The Hall–Kier alpha value is -0.950. The van der Waals surface area contributed by atoms with Gasteiger partial charge in [0.2, 0.25) is 0 Å². The zero-order valence-electron chi connectivity index (χ0n) is 8.06. The van der Waals surface area contributed by atoms with Gasteiger partial charge in [0.25, 0.3) is 0 Å². The topological polar surface area (TPSA) is 4.93 Å². The fraction of sp³-hybridized carbons (Fsp3) is 0.273. The van der Waals surface area contributed by atoms with Crippen LogP contribution >= 0.6 is 11.6 Å². The fourth-order valence-corrected chi connectivity index (χ4v) is 2.09. The molecule has 1 aromatic heterocycles. The van der Waals surface area contributed by atoms with Gasteiger partial charge >= 0.3 is 0 Å². The number of hydrogen-bond donors (Lipinski definition) is 0. The van der Waals surface area contributed by atoms with Gasteiger partial charge in [0, 0.05) is 24.1 Å². The normalized spacial score (nSPS) is 11.1. The van der Waals surface area contributed by atoms with E-state index < -0.39 is 0 Å². The summed E-state index contributed by atoms with van der Waals surface area (Å²) < 4.78 is 2.06. The van der Waals surface area contributed by atoms with Crippen molar-refractivity contribution >= 4 is 22.5 Å². The molecule has 2 aromatic rings. The van der Waals surface area contributed by atoms with Crippen molar-refractivity contribution in [3.8, 4) is 0 Å². The Morgan fingerprint density at radius 1 is 1.23 bits per heavy atom. The third-order valence-corrected chi connectivity index (χ3v) is 2.93. The molecule has 0 fully saturated rings. The maximum absolute atomic E-state index is 6.13. The molecule has 0 aliphatic heterocycles. The van der Waals surface area contributed by atoms with E-state index in [-0.39, 0.29) is 0 Å². The number of fused-ring (bicyclic) bond motifs is 1. The highest BCUT2D eigenvalue weighted by atomic mass is 35.5. The second kappa shape index (κ2) is 2.78. The smallest absolute Gasteiger partial charge is 0.0664 e. The van der Waals surface area contributed by atoms with Crippen LogP contribution in [0, 0.1) is 13.8 Å². The molecule has 0 unspecified atom stereocenters. The molecular formula is C11H12ClN. The number of aromatic nitrogens is 1. The SMILES string of the molecule is Cc1ccc2c(c(Cl)cn2C)c1C. The molecule has 1 nitrogen and oxygen atoms in total. The van der Waals surface area contributed by atoms with Crippen molar-refractivity contribution in [1.29, 1.82) is 0 Å². The lowest BCUT2D eigenvalue weighted by molar-refractivity contribution is 0.969. The van der Waals surface area contributed by atoms with Crippen molar-refractivity contribution < 1.29 is 0 Å². The van der Waals surface area contributed by atoms with Crippen LogP contribution in [-0.2, 0) is 7.05 Å². The summed E-state index contributed by atoms with van der Waals surface area (Å²) in [5.74, 6) is 0. The number of rotatable bonds is 0. The van der Waals surface area contributed by atoms with E-state index in [4.69, 9.17) is 11.6 Å². The van der Waals surface area contributed by atoms with Crippen LogP contribution in [-0.4, -0.2) is 4.57 Å². The molecule has 0 atom stereocenters. The molecule has 0 aliphatic rings. The zero-order chi connectivity index (χ0) is 9.59. The molecule has 2 rings (SSSR count). The van der Waals surface area contributed by atoms with Crippen LogP contribution in [0.1, 0.15) is 11.1 Å². The van der Waals surface area contributed by atoms with Gasteiger partial charge < -0.3 is 4.57 Å². The van der Waals surface area contributed by atoms with Crippen molar-refractivity contribution in [2.24, 2.45) is 7.05 Å². The van der Waals surface area contributed by atoms with Crippen LogP contribution < -0.4 is 0 Å². The molecule has 1 aromatic carbocycles. The van der Waals surface area contributed by atoms with E-state index in [1.54, 1.807) is 0 Å². The van der Waals surface area contributed by atoms with Gasteiger partial charge in [0.15, 0.2) is 0 Å². The van der Waals surface area contributed by atoms with Crippen LogP contribution in [0.15, 0.2) is 18.3 Å². The second-order valence-corrected chi connectivity index (χ2v) is 3.90.